The number of aromatic carboxylic acids is 1. The normalized spacial score (nSPS) is 19.2. The first-order valence-electron chi connectivity index (χ1n) is 10.4. The number of amides is 1. The van der Waals surface area contributed by atoms with Gasteiger partial charge in [-0.15, -0.1) is 0 Å². The number of carboxylic acids is 1. The van der Waals surface area contributed by atoms with E-state index in [1.807, 2.05) is 13.8 Å². The predicted octanol–water partition coefficient (Wildman–Crippen LogP) is 4.70. The van der Waals surface area contributed by atoms with Crippen molar-refractivity contribution in [3.63, 3.8) is 0 Å². The first-order chi connectivity index (χ1) is 15.9. The van der Waals surface area contributed by atoms with Gasteiger partial charge in [-0.05, 0) is 43.7 Å². The van der Waals surface area contributed by atoms with E-state index in [2.05, 4.69) is 4.90 Å². The van der Waals surface area contributed by atoms with Gasteiger partial charge in [0.05, 0.1) is 10.6 Å². The van der Waals surface area contributed by atoms with E-state index < -0.39 is 46.6 Å². The van der Waals surface area contributed by atoms with Gasteiger partial charge in [-0.25, -0.2) is 9.18 Å². The Morgan fingerprint density at radius 3 is 2.35 bits per heavy atom. The van der Waals surface area contributed by atoms with Crippen molar-refractivity contribution < 1.29 is 37.0 Å². The van der Waals surface area contributed by atoms with Crippen molar-refractivity contribution in [1.82, 2.24) is 9.80 Å². The van der Waals surface area contributed by atoms with Crippen molar-refractivity contribution in [3.05, 3.63) is 63.9 Å². The fourth-order valence-corrected chi connectivity index (χ4v) is 4.14. The number of carbonyl (C=O) groups excluding carboxylic acids is 1. The summed E-state index contributed by atoms with van der Waals surface area (Å²) in [4.78, 5) is 27.9. The van der Waals surface area contributed by atoms with Crippen molar-refractivity contribution in [2.45, 2.75) is 38.7 Å². The van der Waals surface area contributed by atoms with Gasteiger partial charge in [0.25, 0.3) is 5.91 Å². The highest BCUT2D eigenvalue weighted by Gasteiger charge is 2.36. The molecule has 1 N–H and O–H groups in total. The van der Waals surface area contributed by atoms with E-state index in [-0.39, 0.29) is 17.9 Å². The molecule has 0 bridgehead atoms. The SMILES string of the molecule is C[C@@H]1CN(Cc2ccc(F)cc2)[C@@H](C)CN1C(=O)COc1cc(C(F)(F)F)c(Cl)cc1C(=O)O. The van der Waals surface area contributed by atoms with E-state index >= 15 is 0 Å². The van der Waals surface area contributed by atoms with Gasteiger partial charge in [0.15, 0.2) is 6.61 Å². The molecule has 2 aromatic carbocycles. The molecule has 11 heteroatoms. The van der Waals surface area contributed by atoms with Crippen LogP contribution < -0.4 is 4.74 Å². The van der Waals surface area contributed by atoms with Gasteiger partial charge in [0, 0.05) is 31.7 Å². The summed E-state index contributed by atoms with van der Waals surface area (Å²) >= 11 is 5.59. The smallest absolute Gasteiger partial charge is 0.417 e. The van der Waals surface area contributed by atoms with Gasteiger partial charge in [-0.1, -0.05) is 23.7 Å². The fraction of sp³-hybridized carbons (Fsp3) is 0.391. The maximum absolute atomic E-state index is 13.2. The van der Waals surface area contributed by atoms with Gasteiger partial charge in [0.1, 0.15) is 17.1 Å². The Morgan fingerprint density at radius 1 is 1.12 bits per heavy atom. The van der Waals surface area contributed by atoms with Crippen LogP contribution in [0.5, 0.6) is 5.75 Å². The van der Waals surface area contributed by atoms with Crippen LogP contribution in [-0.4, -0.2) is 58.6 Å². The molecule has 2 aromatic rings. The third-order valence-electron chi connectivity index (χ3n) is 5.69. The van der Waals surface area contributed by atoms with Crippen molar-refractivity contribution in [2.75, 3.05) is 19.7 Å². The summed E-state index contributed by atoms with van der Waals surface area (Å²) in [6, 6.07) is 7.02. The Kier molecular flexibility index (Phi) is 7.72. The molecular formula is C23H23ClF4N2O4. The number of carbonyl (C=O) groups is 2. The second kappa shape index (κ2) is 10.2. The standard InChI is InChI=1S/C23H23ClF4N2O4/c1-13-10-30(14(2)9-29(13)11-15-3-5-16(25)6-4-15)21(31)12-34-20-8-18(23(26,27)28)19(24)7-17(20)22(32)33/h3-8,13-14H,9-12H2,1-2H3,(H,32,33)/t13-,14+/m0/s1. The van der Waals surface area contributed by atoms with Crippen molar-refractivity contribution in [2.24, 2.45) is 0 Å². The number of rotatable bonds is 6. The largest absolute Gasteiger partial charge is 0.483 e. The summed E-state index contributed by atoms with van der Waals surface area (Å²) in [5, 5.41) is 8.52. The zero-order chi connectivity index (χ0) is 25.2. The molecule has 3 rings (SSSR count). The second-order valence-electron chi connectivity index (χ2n) is 8.22. The molecule has 0 aromatic heterocycles. The Balaban J connectivity index is 1.68. The highest BCUT2D eigenvalue weighted by atomic mass is 35.5. The van der Waals surface area contributed by atoms with E-state index in [0.29, 0.717) is 31.8 Å². The summed E-state index contributed by atoms with van der Waals surface area (Å²) in [6.45, 7) is 4.54. The fourth-order valence-electron chi connectivity index (χ4n) is 3.87. The molecule has 0 saturated carbocycles. The molecule has 1 heterocycles. The molecule has 0 aliphatic carbocycles. The Hall–Kier alpha value is -2.85. The Labute approximate surface area is 198 Å². The minimum absolute atomic E-state index is 0.0489. The molecule has 0 spiro atoms. The topological polar surface area (TPSA) is 70.1 Å². The number of carboxylic acid groups (broad SMARTS) is 1. The highest BCUT2D eigenvalue weighted by Crippen LogP contribution is 2.38. The summed E-state index contributed by atoms with van der Waals surface area (Å²) in [6.07, 6.45) is -4.82. The number of alkyl halides is 3. The summed E-state index contributed by atoms with van der Waals surface area (Å²) in [5.74, 6) is -2.93. The second-order valence-corrected chi connectivity index (χ2v) is 8.63. The van der Waals surface area contributed by atoms with Crippen LogP contribution >= 0.6 is 11.6 Å². The number of nitrogens with zero attached hydrogens (tertiary/aromatic N) is 2. The van der Waals surface area contributed by atoms with Crippen LogP contribution in [0.4, 0.5) is 17.6 Å². The molecule has 0 radical (unpaired) electrons. The lowest BCUT2D eigenvalue weighted by molar-refractivity contribution is -0.139. The third-order valence-corrected chi connectivity index (χ3v) is 6.00. The lowest BCUT2D eigenvalue weighted by atomic mass is 10.1. The van der Waals surface area contributed by atoms with Crippen LogP contribution in [-0.2, 0) is 17.5 Å². The zero-order valence-corrected chi connectivity index (χ0v) is 19.2. The summed E-state index contributed by atoms with van der Waals surface area (Å²) < 4.78 is 57.9. The Bertz CT molecular complexity index is 1060. The molecule has 0 unspecified atom stereocenters. The first kappa shape index (κ1) is 25.8. The van der Waals surface area contributed by atoms with Gasteiger partial charge >= 0.3 is 12.1 Å². The quantitative estimate of drug-likeness (QED) is 0.580. The number of halogens is 5. The minimum atomic E-state index is -4.82. The monoisotopic (exact) mass is 502 g/mol. The molecule has 6 nitrogen and oxygen atoms in total. The Morgan fingerprint density at radius 2 is 1.76 bits per heavy atom. The molecule has 2 atom stereocenters. The highest BCUT2D eigenvalue weighted by molar-refractivity contribution is 6.31. The molecule has 34 heavy (non-hydrogen) atoms. The summed E-state index contributed by atoms with van der Waals surface area (Å²) in [5.41, 5.74) is -0.901. The maximum atomic E-state index is 13.2. The van der Waals surface area contributed by atoms with E-state index in [4.69, 9.17) is 16.3 Å². The maximum Gasteiger partial charge on any atom is 0.417 e. The number of hydrogen-bond acceptors (Lipinski definition) is 4. The number of benzene rings is 2. The molecule has 184 valence electrons. The van der Waals surface area contributed by atoms with Crippen LogP contribution in [0.3, 0.4) is 0 Å². The molecular weight excluding hydrogens is 480 g/mol. The lowest BCUT2D eigenvalue weighted by Crippen LogP contribution is -2.58. The van der Waals surface area contributed by atoms with E-state index in [1.54, 1.807) is 17.0 Å². The van der Waals surface area contributed by atoms with Gasteiger partial charge in [0.2, 0.25) is 0 Å². The molecule has 1 amide bonds. The molecule has 1 fully saturated rings. The van der Waals surface area contributed by atoms with Gasteiger partial charge < -0.3 is 14.7 Å². The average Bonchev–Trinajstić information content (AvgIpc) is 2.75. The molecule has 1 aliphatic heterocycles. The van der Waals surface area contributed by atoms with Gasteiger partial charge in [-0.2, -0.15) is 13.2 Å². The third kappa shape index (κ3) is 5.98. The van der Waals surface area contributed by atoms with Gasteiger partial charge in [-0.3, -0.25) is 9.69 Å². The first-order valence-corrected chi connectivity index (χ1v) is 10.8. The van der Waals surface area contributed by atoms with Crippen LogP contribution in [0.2, 0.25) is 5.02 Å². The zero-order valence-electron chi connectivity index (χ0n) is 18.4. The number of ether oxygens (including phenoxy) is 1. The van der Waals surface area contributed by atoms with E-state index in [9.17, 15) is 32.3 Å². The predicted molar refractivity (Wildman–Crippen MR) is 116 cm³/mol. The van der Waals surface area contributed by atoms with Crippen LogP contribution in [0.1, 0.15) is 35.3 Å². The lowest BCUT2D eigenvalue weighted by Gasteiger charge is -2.44. The van der Waals surface area contributed by atoms with E-state index in [1.165, 1.54) is 12.1 Å². The average molecular weight is 503 g/mol. The van der Waals surface area contributed by atoms with Crippen LogP contribution in [0.25, 0.3) is 0 Å². The number of hydrogen-bond donors (Lipinski definition) is 1. The summed E-state index contributed by atoms with van der Waals surface area (Å²) in [7, 11) is 0. The van der Waals surface area contributed by atoms with E-state index in [0.717, 1.165) is 5.56 Å². The van der Waals surface area contributed by atoms with Crippen LogP contribution in [0.15, 0.2) is 36.4 Å². The minimum Gasteiger partial charge on any atom is -0.483 e. The van der Waals surface area contributed by atoms with Crippen molar-refractivity contribution in [3.8, 4) is 5.75 Å². The molecule has 1 aliphatic rings. The molecule has 1 saturated heterocycles. The van der Waals surface area contributed by atoms with Crippen molar-refractivity contribution >= 4 is 23.5 Å². The van der Waals surface area contributed by atoms with Crippen LogP contribution in [0, 0.1) is 5.82 Å². The van der Waals surface area contributed by atoms with Crippen molar-refractivity contribution in [1.29, 1.82) is 0 Å². The number of piperazine rings is 1.